The van der Waals surface area contributed by atoms with Gasteiger partial charge in [0.15, 0.2) is 5.78 Å². The van der Waals surface area contributed by atoms with Gasteiger partial charge in [-0.15, -0.1) is 0 Å². The van der Waals surface area contributed by atoms with E-state index in [1.54, 1.807) is 11.0 Å². The van der Waals surface area contributed by atoms with Crippen molar-refractivity contribution in [3.05, 3.63) is 12.2 Å². The van der Waals surface area contributed by atoms with Gasteiger partial charge in [-0.3, -0.25) is 13.8 Å². The van der Waals surface area contributed by atoms with Crippen molar-refractivity contribution < 1.29 is 13.8 Å². The Morgan fingerprint density at radius 2 is 2.06 bits per heavy atom. The van der Waals surface area contributed by atoms with Gasteiger partial charge in [-0.05, 0) is 32.0 Å². The van der Waals surface area contributed by atoms with Crippen molar-refractivity contribution in [1.82, 2.24) is 4.90 Å². The van der Waals surface area contributed by atoms with Crippen LogP contribution >= 0.6 is 12.0 Å². The minimum atomic E-state index is -0.140. The molecule has 0 rings (SSSR count). The van der Waals surface area contributed by atoms with E-state index < -0.39 is 0 Å². The molecule has 0 aromatic carbocycles. The molecule has 0 bridgehead atoms. The Bertz CT molecular complexity index is 266. The number of rotatable bonds is 7. The molecule has 0 saturated heterocycles. The van der Waals surface area contributed by atoms with E-state index in [0.717, 1.165) is 5.75 Å². The van der Waals surface area contributed by atoms with Gasteiger partial charge < -0.3 is 4.90 Å². The van der Waals surface area contributed by atoms with Gasteiger partial charge in [0.25, 0.3) is 0 Å². The average Bonchev–Trinajstić information content (AvgIpc) is 2.20. The quantitative estimate of drug-likeness (QED) is 0.298. The van der Waals surface area contributed by atoms with Crippen LogP contribution in [-0.4, -0.2) is 35.1 Å². The van der Waals surface area contributed by atoms with Crippen LogP contribution in [-0.2, 0) is 13.8 Å². The summed E-state index contributed by atoms with van der Waals surface area (Å²) in [5.74, 6) is 0.736. The molecular formula is C11H19NO3S. The normalized spacial score (nSPS) is 12.8. The highest BCUT2D eigenvalue weighted by Gasteiger charge is 2.14. The zero-order chi connectivity index (χ0) is 12.6. The molecule has 0 aromatic heterocycles. The highest BCUT2D eigenvalue weighted by atomic mass is 32.2. The van der Waals surface area contributed by atoms with Crippen molar-refractivity contribution in [2.45, 2.75) is 33.7 Å². The van der Waals surface area contributed by atoms with Gasteiger partial charge in [0.2, 0.25) is 5.91 Å². The fraction of sp³-hybridized carbons (Fsp3) is 0.636. The molecule has 0 N–H and O–H groups in total. The van der Waals surface area contributed by atoms with Gasteiger partial charge in [-0.1, -0.05) is 13.0 Å². The Kier molecular flexibility index (Phi) is 7.93. The SMILES string of the molecule is CCSOCN(C(C)=O)C(C)/C=C/C(C)=O. The molecule has 92 valence electrons. The summed E-state index contributed by atoms with van der Waals surface area (Å²) in [4.78, 5) is 23.7. The summed E-state index contributed by atoms with van der Waals surface area (Å²) < 4.78 is 5.24. The van der Waals surface area contributed by atoms with Crippen LogP contribution in [0.3, 0.4) is 0 Å². The third-order valence-electron chi connectivity index (χ3n) is 1.90. The lowest BCUT2D eigenvalue weighted by Gasteiger charge is -2.25. The van der Waals surface area contributed by atoms with Gasteiger partial charge >= 0.3 is 0 Å². The first kappa shape index (κ1) is 15.2. The van der Waals surface area contributed by atoms with Gasteiger partial charge in [-0.25, -0.2) is 0 Å². The first-order valence-electron chi connectivity index (χ1n) is 5.19. The number of nitrogens with zero attached hydrogens (tertiary/aromatic N) is 1. The summed E-state index contributed by atoms with van der Waals surface area (Å²) in [7, 11) is 0. The highest BCUT2D eigenvalue weighted by molar-refractivity contribution is 7.94. The molecule has 5 heteroatoms. The van der Waals surface area contributed by atoms with Gasteiger partial charge in [0.1, 0.15) is 6.73 Å². The summed E-state index contributed by atoms with van der Waals surface area (Å²) in [6.45, 7) is 7.02. The van der Waals surface area contributed by atoms with Crippen LogP contribution in [0, 0.1) is 0 Å². The molecule has 0 saturated carbocycles. The molecule has 1 atom stereocenters. The third-order valence-corrected chi connectivity index (χ3v) is 2.41. The topological polar surface area (TPSA) is 46.6 Å². The first-order chi connectivity index (χ1) is 7.49. The molecule has 1 amide bonds. The number of amides is 1. The summed E-state index contributed by atoms with van der Waals surface area (Å²) in [6.07, 6.45) is 3.16. The fourth-order valence-electron chi connectivity index (χ4n) is 1.05. The zero-order valence-electron chi connectivity index (χ0n) is 10.2. The number of carbonyl (C=O) groups is 2. The van der Waals surface area contributed by atoms with Crippen molar-refractivity contribution in [1.29, 1.82) is 0 Å². The monoisotopic (exact) mass is 245 g/mol. The predicted octanol–water partition coefficient (Wildman–Crippen LogP) is 2.01. The van der Waals surface area contributed by atoms with E-state index >= 15 is 0 Å². The molecular weight excluding hydrogens is 226 g/mol. The maximum Gasteiger partial charge on any atom is 0.221 e. The van der Waals surface area contributed by atoms with Crippen LogP contribution in [0.5, 0.6) is 0 Å². The molecule has 0 aliphatic heterocycles. The lowest BCUT2D eigenvalue weighted by atomic mass is 10.2. The average molecular weight is 245 g/mol. The van der Waals surface area contributed by atoms with Crippen molar-refractivity contribution in [3.63, 3.8) is 0 Å². The number of ketones is 1. The molecule has 0 fully saturated rings. The maximum atomic E-state index is 11.3. The lowest BCUT2D eigenvalue weighted by molar-refractivity contribution is -0.132. The largest absolute Gasteiger partial charge is 0.312 e. The third kappa shape index (κ3) is 6.63. The van der Waals surface area contributed by atoms with Crippen molar-refractivity contribution in [2.75, 3.05) is 12.5 Å². The fourth-order valence-corrected chi connectivity index (χ4v) is 1.41. The van der Waals surface area contributed by atoms with E-state index in [9.17, 15) is 9.59 Å². The maximum absolute atomic E-state index is 11.3. The van der Waals surface area contributed by atoms with E-state index in [4.69, 9.17) is 4.18 Å². The predicted molar refractivity (Wildman–Crippen MR) is 65.9 cm³/mol. The van der Waals surface area contributed by atoms with Gasteiger partial charge in [0.05, 0.1) is 0 Å². The second kappa shape index (κ2) is 8.35. The molecule has 0 aliphatic rings. The van der Waals surface area contributed by atoms with Crippen molar-refractivity contribution in [3.8, 4) is 0 Å². The molecule has 1 unspecified atom stereocenters. The van der Waals surface area contributed by atoms with Crippen molar-refractivity contribution >= 4 is 23.7 Å². The molecule has 0 heterocycles. The second-order valence-corrected chi connectivity index (χ2v) is 4.40. The van der Waals surface area contributed by atoms with Crippen LogP contribution in [0.25, 0.3) is 0 Å². The first-order valence-corrected chi connectivity index (χ1v) is 6.10. The Morgan fingerprint density at radius 1 is 1.44 bits per heavy atom. The number of carbonyl (C=O) groups excluding carboxylic acids is 2. The second-order valence-electron chi connectivity index (χ2n) is 3.35. The van der Waals surface area contributed by atoms with Crippen LogP contribution in [0.2, 0.25) is 0 Å². The van der Waals surface area contributed by atoms with Crippen LogP contribution < -0.4 is 0 Å². The molecule has 0 aliphatic carbocycles. The summed E-state index contributed by atoms with van der Waals surface area (Å²) in [5.41, 5.74) is 0. The zero-order valence-corrected chi connectivity index (χ0v) is 11.0. The Balaban J connectivity index is 4.29. The summed E-state index contributed by atoms with van der Waals surface area (Å²) in [5, 5.41) is 0. The minimum absolute atomic E-state index is 0.0285. The number of allylic oxidation sites excluding steroid dienone is 1. The van der Waals surface area contributed by atoms with E-state index in [1.165, 1.54) is 32.0 Å². The summed E-state index contributed by atoms with van der Waals surface area (Å²) >= 11 is 1.31. The van der Waals surface area contributed by atoms with E-state index in [0.29, 0.717) is 0 Å². The molecule has 4 nitrogen and oxygen atoms in total. The van der Waals surface area contributed by atoms with Crippen LogP contribution in [0.15, 0.2) is 12.2 Å². The highest BCUT2D eigenvalue weighted by Crippen LogP contribution is 2.07. The summed E-state index contributed by atoms with van der Waals surface area (Å²) in [6, 6.07) is -0.140. The lowest BCUT2D eigenvalue weighted by Crippen LogP contribution is -2.37. The van der Waals surface area contributed by atoms with Crippen LogP contribution in [0.4, 0.5) is 0 Å². The Labute approximate surface area is 101 Å². The number of hydrogen-bond acceptors (Lipinski definition) is 4. The number of hydrogen-bond donors (Lipinski definition) is 0. The smallest absolute Gasteiger partial charge is 0.221 e. The van der Waals surface area contributed by atoms with Gasteiger partial charge in [0, 0.05) is 18.7 Å². The van der Waals surface area contributed by atoms with E-state index in [1.807, 2.05) is 13.8 Å². The molecule has 0 radical (unpaired) electrons. The minimum Gasteiger partial charge on any atom is -0.312 e. The van der Waals surface area contributed by atoms with Crippen LogP contribution in [0.1, 0.15) is 27.7 Å². The molecule has 0 spiro atoms. The van der Waals surface area contributed by atoms with E-state index in [-0.39, 0.29) is 24.5 Å². The molecule has 0 aromatic rings. The molecule has 16 heavy (non-hydrogen) atoms. The van der Waals surface area contributed by atoms with E-state index in [2.05, 4.69) is 0 Å². The Hall–Kier alpha value is -0.810. The standard InChI is InChI=1S/C11H19NO3S/c1-5-16-15-8-12(11(4)14)9(2)6-7-10(3)13/h6-7,9H,5,8H2,1-4H3/b7-6+. The van der Waals surface area contributed by atoms with Crippen molar-refractivity contribution in [2.24, 2.45) is 0 Å². The van der Waals surface area contributed by atoms with Gasteiger partial charge in [-0.2, -0.15) is 0 Å². The Morgan fingerprint density at radius 3 is 2.50 bits per heavy atom.